The maximum Gasteiger partial charge on any atom is 0.338 e. The molecule has 0 amide bonds. The second-order valence-electron chi connectivity index (χ2n) is 9.05. The van der Waals surface area contributed by atoms with Crippen molar-refractivity contribution < 1.29 is 19.0 Å². The van der Waals surface area contributed by atoms with E-state index in [2.05, 4.69) is 59.9 Å². The number of nitrogens with one attached hydrogen (secondary N) is 1. The third kappa shape index (κ3) is 6.11. The Morgan fingerprint density at radius 1 is 0.833 bits per heavy atom. The predicted molar refractivity (Wildman–Crippen MR) is 141 cm³/mol. The number of hydrogen-bond acceptors (Lipinski definition) is 5. The van der Waals surface area contributed by atoms with Crippen LogP contribution in [0.1, 0.15) is 33.8 Å². The lowest BCUT2D eigenvalue weighted by atomic mass is 9.87. The molecule has 0 aliphatic carbocycles. The molecular formula is C31H31NO4. The molecule has 5 heteroatoms. The van der Waals surface area contributed by atoms with Crippen LogP contribution in [0.4, 0.5) is 0 Å². The summed E-state index contributed by atoms with van der Waals surface area (Å²) in [5, 5.41) is 5.95. The van der Waals surface area contributed by atoms with Gasteiger partial charge in [0, 0.05) is 12.5 Å². The fourth-order valence-electron chi connectivity index (χ4n) is 4.70. The molecule has 36 heavy (non-hydrogen) atoms. The number of fused-ring (bicyclic) bond motifs is 1. The van der Waals surface area contributed by atoms with Crippen LogP contribution in [0.15, 0.2) is 97.1 Å². The van der Waals surface area contributed by atoms with Gasteiger partial charge < -0.3 is 19.5 Å². The Hall–Kier alpha value is -3.67. The maximum atomic E-state index is 12.1. The maximum absolute atomic E-state index is 12.1. The number of rotatable bonds is 9. The van der Waals surface area contributed by atoms with Crippen LogP contribution in [-0.4, -0.2) is 38.4 Å². The van der Waals surface area contributed by atoms with Gasteiger partial charge in [-0.05, 0) is 65.2 Å². The zero-order chi connectivity index (χ0) is 24.6. The van der Waals surface area contributed by atoms with Gasteiger partial charge in [0.1, 0.15) is 19.0 Å². The second kappa shape index (κ2) is 11.8. The van der Waals surface area contributed by atoms with Crippen LogP contribution in [0.3, 0.4) is 0 Å². The van der Waals surface area contributed by atoms with E-state index in [1.165, 1.54) is 21.9 Å². The molecule has 2 atom stereocenters. The summed E-state index contributed by atoms with van der Waals surface area (Å²) in [7, 11) is 0. The molecule has 0 bridgehead atoms. The first-order chi connectivity index (χ1) is 17.8. The van der Waals surface area contributed by atoms with Gasteiger partial charge in [-0.25, -0.2) is 4.79 Å². The summed E-state index contributed by atoms with van der Waals surface area (Å²) in [4.78, 5) is 12.1. The van der Waals surface area contributed by atoms with Crippen molar-refractivity contribution in [1.82, 2.24) is 5.32 Å². The van der Waals surface area contributed by atoms with Crippen LogP contribution in [0.5, 0.6) is 5.75 Å². The van der Waals surface area contributed by atoms with Gasteiger partial charge in [0.05, 0.1) is 18.3 Å². The predicted octanol–water partition coefficient (Wildman–Crippen LogP) is 5.74. The van der Waals surface area contributed by atoms with Crippen molar-refractivity contribution in [2.24, 2.45) is 0 Å². The van der Waals surface area contributed by atoms with E-state index >= 15 is 0 Å². The van der Waals surface area contributed by atoms with Gasteiger partial charge in [0.25, 0.3) is 0 Å². The van der Waals surface area contributed by atoms with Gasteiger partial charge in [-0.2, -0.15) is 0 Å². The lowest BCUT2D eigenvalue weighted by Gasteiger charge is -2.32. The molecule has 4 aromatic rings. The zero-order valence-corrected chi connectivity index (χ0v) is 20.3. The minimum absolute atomic E-state index is 0.0762. The van der Waals surface area contributed by atoms with Crippen molar-refractivity contribution in [3.8, 4) is 5.75 Å². The van der Waals surface area contributed by atoms with Crippen molar-refractivity contribution in [3.05, 3.63) is 114 Å². The summed E-state index contributed by atoms with van der Waals surface area (Å²) < 4.78 is 17.6. The molecule has 184 valence electrons. The standard InChI is InChI=1S/C31H31NO4/c33-31(25-8-2-1-3-9-25)35-18-17-34-28-12-6-11-27(20-28)29-15-16-32-21-30(29)36-22-23-13-14-24-7-4-5-10-26(24)19-23/h1-14,19-20,29-30,32H,15-18,21-22H2. The Labute approximate surface area is 212 Å². The van der Waals surface area contributed by atoms with Crippen molar-refractivity contribution in [3.63, 3.8) is 0 Å². The lowest BCUT2D eigenvalue weighted by Crippen LogP contribution is -2.40. The first-order valence-electron chi connectivity index (χ1n) is 12.5. The smallest absolute Gasteiger partial charge is 0.338 e. The topological polar surface area (TPSA) is 56.8 Å². The van der Waals surface area contributed by atoms with Crippen LogP contribution >= 0.6 is 0 Å². The van der Waals surface area contributed by atoms with Gasteiger partial charge >= 0.3 is 5.97 Å². The normalized spacial score (nSPS) is 17.6. The van der Waals surface area contributed by atoms with E-state index in [0.717, 1.165) is 25.3 Å². The van der Waals surface area contributed by atoms with E-state index in [9.17, 15) is 4.79 Å². The van der Waals surface area contributed by atoms with Crippen LogP contribution in [-0.2, 0) is 16.1 Å². The first kappa shape index (κ1) is 24.0. The molecule has 4 aromatic carbocycles. The highest BCUT2D eigenvalue weighted by molar-refractivity contribution is 5.89. The summed E-state index contributed by atoms with van der Waals surface area (Å²) >= 11 is 0. The van der Waals surface area contributed by atoms with E-state index in [4.69, 9.17) is 14.2 Å². The molecule has 2 unspecified atom stereocenters. The van der Waals surface area contributed by atoms with Crippen LogP contribution < -0.4 is 10.1 Å². The summed E-state index contributed by atoms with van der Waals surface area (Å²) in [5.41, 5.74) is 2.93. The molecule has 5 rings (SSSR count). The van der Waals surface area contributed by atoms with Crippen LogP contribution in [0, 0.1) is 0 Å². The van der Waals surface area contributed by atoms with E-state index in [0.29, 0.717) is 18.8 Å². The van der Waals surface area contributed by atoms with Gasteiger partial charge in [0.15, 0.2) is 0 Å². The fraction of sp³-hybridized carbons (Fsp3) is 0.258. The molecule has 1 aliphatic rings. The Morgan fingerprint density at radius 2 is 1.67 bits per heavy atom. The van der Waals surface area contributed by atoms with Crippen molar-refractivity contribution >= 4 is 16.7 Å². The fourth-order valence-corrected chi connectivity index (χ4v) is 4.70. The van der Waals surface area contributed by atoms with Gasteiger partial charge in [-0.15, -0.1) is 0 Å². The summed E-state index contributed by atoms with van der Waals surface area (Å²) in [6.07, 6.45) is 1.08. The third-order valence-electron chi connectivity index (χ3n) is 6.59. The molecule has 1 aliphatic heterocycles. The minimum atomic E-state index is -0.339. The molecular weight excluding hydrogens is 450 g/mol. The molecule has 0 spiro atoms. The Morgan fingerprint density at radius 3 is 2.56 bits per heavy atom. The van der Waals surface area contributed by atoms with E-state index in [1.807, 2.05) is 30.3 Å². The molecule has 1 saturated heterocycles. The lowest BCUT2D eigenvalue weighted by molar-refractivity contribution is 0.0106. The summed E-state index contributed by atoms with van der Waals surface area (Å²) in [6.45, 7) is 2.86. The molecule has 5 nitrogen and oxygen atoms in total. The third-order valence-corrected chi connectivity index (χ3v) is 6.59. The summed E-state index contributed by atoms with van der Waals surface area (Å²) in [5.74, 6) is 0.718. The van der Waals surface area contributed by atoms with Gasteiger partial charge in [-0.1, -0.05) is 66.7 Å². The number of esters is 1. The first-order valence-corrected chi connectivity index (χ1v) is 12.5. The SMILES string of the molecule is O=C(OCCOc1cccc(C2CCNCC2OCc2ccc3ccccc3c2)c1)c1ccccc1. The molecule has 0 radical (unpaired) electrons. The highest BCUT2D eigenvalue weighted by Gasteiger charge is 2.27. The van der Waals surface area contributed by atoms with E-state index in [-0.39, 0.29) is 24.6 Å². The van der Waals surface area contributed by atoms with E-state index < -0.39 is 0 Å². The molecule has 1 heterocycles. The number of ether oxygens (including phenoxy) is 3. The zero-order valence-electron chi connectivity index (χ0n) is 20.3. The van der Waals surface area contributed by atoms with Gasteiger partial charge in [-0.3, -0.25) is 0 Å². The average Bonchev–Trinajstić information content (AvgIpc) is 2.95. The van der Waals surface area contributed by atoms with Crippen LogP contribution in [0.25, 0.3) is 10.8 Å². The molecule has 0 saturated carbocycles. The number of piperidine rings is 1. The quantitative estimate of drug-likeness (QED) is 0.244. The minimum Gasteiger partial charge on any atom is -0.490 e. The number of carbonyl (C=O) groups is 1. The Balaban J connectivity index is 1.16. The highest BCUT2D eigenvalue weighted by Crippen LogP contribution is 2.31. The Bertz CT molecular complexity index is 1290. The van der Waals surface area contributed by atoms with Gasteiger partial charge in [0.2, 0.25) is 0 Å². The molecule has 1 N–H and O–H groups in total. The Kier molecular flexibility index (Phi) is 7.91. The van der Waals surface area contributed by atoms with Crippen molar-refractivity contribution in [2.45, 2.75) is 25.0 Å². The summed E-state index contributed by atoms with van der Waals surface area (Å²) in [6, 6.07) is 32.1. The highest BCUT2D eigenvalue weighted by atomic mass is 16.6. The molecule has 0 aromatic heterocycles. The second-order valence-corrected chi connectivity index (χ2v) is 9.05. The van der Waals surface area contributed by atoms with Crippen molar-refractivity contribution in [1.29, 1.82) is 0 Å². The monoisotopic (exact) mass is 481 g/mol. The van der Waals surface area contributed by atoms with Crippen molar-refractivity contribution in [2.75, 3.05) is 26.3 Å². The van der Waals surface area contributed by atoms with Crippen LogP contribution in [0.2, 0.25) is 0 Å². The van der Waals surface area contributed by atoms with E-state index in [1.54, 1.807) is 12.1 Å². The number of carbonyl (C=O) groups excluding carboxylic acids is 1. The number of hydrogen-bond donors (Lipinski definition) is 1. The number of benzene rings is 4. The average molecular weight is 482 g/mol. The largest absolute Gasteiger partial charge is 0.490 e. The molecule has 1 fully saturated rings.